The third kappa shape index (κ3) is 6.70. The molecule has 11 heteroatoms. The lowest BCUT2D eigenvalue weighted by Crippen LogP contribution is -2.54. The monoisotopic (exact) mass is 717 g/mol. The van der Waals surface area contributed by atoms with Crippen LogP contribution in [0.5, 0.6) is 11.5 Å². The number of rotatable bonds is 8. The predicted molar refractivity (Wildman–Crippen MR) is 164 cm³/mol. The number of ether oxygens (including phenoxy) is 2. The van der Waals surface area contributed by atoms with Gasteiger partial charge in [0.05, 0.1) is 15.9 Å². The van der Waals surface area contributed by atoms with Crippen molar-refractivity contribution in [3.8, 4) is 11.5 Å². The average Bonchev–Trinajstić information content (AvgIpc) is 2.89. The molecular formula is C29H25BrIN3O6. The van der Waals surface area contributed by atoms with Gasteiger partial charge < -0.3 is 14.8 Å². The number of aryl methyl sites for hydroxylation is 2. The Morgan fingerprint density at radius 3 is 2.48 bits per heavy atom. The maximum Gasteiger partial charge on any atom is 0.335 e. The van der Waals surface area contributed by atoms with E-state index in [2.05, 4.69) is 26.6 Å². The molecule has 2 N–H and O–H groups in total. The van der Waals surface area contributed by atoms with Crippen LogP contribution in [-0.4, -0.2) is 37.0 Å². The Balaban J connectivity index is 1.58. The van der Waals surface area contributed by atoms with Crippen molar-refractivity contribution in [3.63, 3.8) is 0 Å². The summed E-state index contributed by atoms with van der Waals surface area (Å²) in [5.41, 5.74) is 3.24. The van der Waals surface area contributed by atoms with E-state index in [1.807, 2.05) is 54.6 Å². The molecule has 1 saturated heterocycles. The van der Waals surface area contributed by atoms with Crippen LogP contribution >= 0.6 is 38.5 Å². The number of barbiturate groups is 1. The minimum atomic E-state index is -0.832. The molecule has 1 fully saturated rings. The summed E-state index contributed by atoms with van der Waals surface area (Å²) in [4.78, 5) is 51.9. The number of urea groups is 1. The molecule has 1 aliphatic rings. The number of hydrogen-bond donors (Lipinski definition) is 2. The molecular weight excluding hydrogens is 693 g/mol. The van der Waals surface area contributed by atoms with Crippen molar-refractivity contribution >= 4 is 79.7 Å². The summed E-state index contributed by atoms with van der Waals surface area (Å²) in [5, 5.41) is 5.07. The summed E-state index contributed by atoms with van der Waals surface area (Å²) in [5.74, 6) is -1.20. The van der Waals surface area contributed by atoms with E-state index in [4.69, 9.17) is 9.47 Å². The van der Waals surface area contributed by atoms with Crippen molar-refractivity contribution in [1.82, 2.24) is 5.32 Å². The van der Waals surface area contributed by atoms with Crippen LogP contribution in [0.4, 0.5) is 16.2 Å². The standard InChI is InChI=1S/C29H25BrIN3O6/c1-4-39-24-14-18(12-21-27(36)33-29(38)34(28(21)37)20-9-7-19(30)8-10-20)13-22(31)26(24)40-15-25(35)32-23-11-16(2)5-6-17(23)3/h5-14H,4,15H2,1-3H3,(H,32,35)(H,33,36,38)/b21-12+. The van der Waals surface area contributed by atoms with Crippen LogP contribution in [0.1, 0.15) is 23.6 Å². The molecule has 0 aromatic heterocycles. The highest BCUT2D eigenvalue weighted by Gasteiger charge is 2.36. The molecule has 0 bridgehead atoms. The molecule has 1 aliphatic heterocycles. The minimum Gasteiger partial charge on any atom is -0.490 e. The van der Waals surface area contributed by atoms with Crippen molar-refractivity contribution < 1.29 is 28.7 Å². The highest BCUT2D eigenvalue weighted by Crippen LogP contribution is 2.35. The second kappa shape index (κ2) is 12.6. The first kappa shape index (κ1) is 29.3. The number of halogens is 2. The number of carbonyl (C=O) groups excluding carboxylic acids is 4. The van der Waals surface area contributed by atoms with Crippen LogP contribution in [0.25, 0.3) is 6.08 Å². The Morgan fingerprint density at radius 1 is 1.05 bits per heavy atom. The van der Waals surface area contributed by atoms with Crippen LogP contribution in [0, 0.1) is 17.4 Å². The lowest BCUT2D eigenvalue weighted by molar-refractivity contribution is -0.122. The van der Waals surface area contributed by atoms with Gasteiger partial charge in [-0.1, -0.05) is 28.1 Å². The molecule has 3 aromatic carbocycles. The second-order valence-corrected chi connectivity index (χ2v) is 10.9. The molecule has 0 spiro atoms. The maximum absolute atomic E-state index is 13.2. The van der Waals surface area contributed by atoms with Gasteiger partial charge >= 0.3 is 6.03 Å². The number of imide groups is 2. The summed E-state index contributed by atoms with van der Waals surface area (Å²) >= 11 is 5.36. The van der Waals surface area contributed by atoms with Crippen molar-refractivity contribution in [2.75, 3.05) is 23.4 Å². The van der Waals surface area contributed by atoms with Gasteiger partial charge in [0.15, 0.2) is 18.1 Å². The summed E-state index contributed by atoms with van der Waals surface area (Å²) < 4.78 is 13.0. The molecule has 5 amide bonds. The van der Waals surface area contributed by atoms with Gasteiger partial charge in [0.2, 0.25) is 0 Å². The number of carbonyl (C=O) groups is 4. The van der Waals surface area contributed by atoms with E-state index in [1.54, 1.807) is 43.3 Å². The number of anilines is 2. The van der Waals surface area contributed by atoms with E-state index >= 15 is 0 Å². The average molecular weight is 718 g/mol. The molecule has 9 nitrogen and oxygen atoms in total. The number of nitrogens with zero attached hydrogens (tertiary/aromatic N) is 1. The summed E-state index contributed by atoms with van der Waals surface area (Å²) in [6.45, 7) is 5.71. The third-order valence-corrected chi connectivity index (χ3v) is 7.17. The number of hydrogen-bond acceptors (Lipinski definition) is 6. The van der Waals surface area contributed by atoms with Gasteiger partial charge in [-0.25, -0.2) is 9.69 Å². The fourth-order valence-corrected chi connectivity index (χ4v) is 4.96. The van der Waals surface area contributed by atoms with Crippen molar-refractivity contribution in [2.45, 2.75) is 20.8 Å². The van der Waals surface area contributed by atoms with Gasteiger partial charge in [0, 0.05) is 10.2 Å². The van der Waals surface area contributed by atoms with Crippen LogP contribution in [0.15, 0.2) is 64.6 Å². The lowest BCUT2D eigenvalue weighted by Gasteiger charge is -2.26. The van der Waals surface area contributed by atoms with Gasteiger partial charge in [-0.15, -0.1) is 0 Å². The molecule has 40 heavy (non-hydrogen) atoms. The first-order chi connectivity index (χ1) is 19.1. The number of benzene rings is 3. The summed E-state index contributed by atoms with van der Waals surface area (Å²) in [6, 6.07) is 14.8. The van der Waals surface area contributed by atoms with E-state index in [0.29, 0.717) is 38.6 Å². The minimum absolute atomic E-state index is 0.220. The third-order valence-electron chi connectivity index (χ3n) is 5.84. The smallest absolute Gasteiger partial charge is 0.335 e. The van der Waals surface area contributed by atoms with E-state index < -0.39 is 17.8 Å². The fraction of sp³-hybridized carbons (Fsp3) is 0.172. The Hall–Kier alpha value is -3.71. The Bertz CT molecular complexity index is 1540. The predicted octanol–water partition coefficient (Wildman–Crippen LogP) is 5.75. The van der Waals surface area contributed by atoms with Crippen molar-refractivity contribution in [1.29, 1.82) is 0 Å². The molecule has 206 valence electrons. The molecule has 4 rings (SSSR count). The van der Waals surface area contributed by atoms with Crippen LogP contribution in [0.3, 0.4) is 0 Å². The largest absolute Gasteiger partial charge is 0.490 e. The molecule has 0 atom stereocenters. The first-order valence-electron chi connectivity index (χ1n) is 12.2. The van der Waals surface area contributed by atoms with Gasteiger partial charge in [-0.05, 0) is 109 Å². The lowest BCUT2D eigenvalue weighted by atomic mass is 10.1. The van der Waals surface area contributed by atoms with Crippen molar-refractivity contribution in [3.05, 3.63) is 84.9 Å². The molecule has 0 saturated carbocycles. The topological polar surface area (TPSA) is 114 Å². The van der Waals surface area contributed by atoms with Crippen molar-refractivity contribution in [2.24, 2.45) is 0 Å². The zero-order valence-corrected chi connectivity index (χ0v) is 25.6. The van der Waals surface area contributed by atoms with Gasteiger partial charge in [-0.2, -0.15) is 0 Å². The van der Waals surface area contributed by atoms with E-state index in [9.17, 15) is 19.2 Å². The fourth-order valence-electron chi connectivity index (χ4n) is 3.92. The zero-order valence-electron chi connectivity index (χ0n) is 21.8. The SMILES string of the molecule is CCOc1cc(/C=C2\C(=O)NC(=O)N(c3ccc(Br)cc3)C2=O)cc(I)c1OCC(=O)Nc1cc(C)ccc1C. The quantitative estimate of drug-likeness (QED) is 0.174. The Labute approximate surface area is 253 Å². The van der Waals surface area contributed by atoms with E-state index in [0.717, 1.165) is 20.5 Å². The Morgan fingerprint density at radius 2 is 1.77 bits per heavy atom. The van der Waals surface area contributed by atoms with E-state index in [1.165, 1.54) is 6.08 Å². The van der Waals surface area contributed by atoms with Crippen LogP contribution in [-0.2, 0) is 14.4 Å². The Kier molecular flexibility index (Phi) is 9.25. The van der Waals surface area contributed by atoms with Crippen LogP contribution in [0.2, 0.25) is 0 Å². The van der Waals surface area contributed by atoms with Gasteiger partial charge in [0.25, 0.3) is 17.7 Å². The summed E-state index contributed by atoms with van der Waals surface area (Å²) in [7, 11) is 0. The first-order valence-corrected chi connectivity index (χ1v) is 14.1. The molecule has 3 aromatic rings. The highest BCUT2D eigenvalue weighted by molar-refractivity contribution is 14.1. The normalized spacial score (nSPS) is 14.3. The van der Waals surface area contributed by atoms with Gasteiger partial charge in [-0.3, -0.25) is 19.7 Å². The highest BCUT2D eigenvalue weighted by atomic mass is 127. The number of nitrogens with one attached hydrogen (secondary N) is 2. The van der Waals surface area contributed by atoms with E-state index in [-0.39, 0.29) is 18.1 Å². The maximum atomic E-state index is 13.2. The molecule has 0 aliphatic carbocycles. The van der Waals surface area contributed by atoms with Crippen LogP contribution < -0.4 is 25.0 Å². The second-order valence-electron chi connectivity index (χ2n) is 8.85. The number of amides is 5. The summed E-state index contributed by atoms with van der Waals surface area (Å²) in [6.07, 6.45) is 1.39. The zero-order chi connectivity index (χ0) is 29.0. The van der Waals surface area contributed by atoms with Gasteiger partial charge in [0.1, 0.15) is 5.57 Å². The molecule has 0 radical (unpaired) electrons. The molecule has 0 unspecified atom stereocenters. The molecule has 1 heterocycles.